The van der Waals surface area contributed by atoms with Gasteiger partial charge >= 0.3 is 0 Å². The highest BCUT2D eigenvalue weighted by Gasteiger charge is 2.22. The quantitative estimate of drug-likeness (QED) is 0.243. The second-order valence-electron chi connectivity index (χ2n) is 9.82. The molecule has 0 radical (unpaired) electrons. The number of hydrogen-bond acceptors (Lipinski definition) is 7. The van der Waals surface area contributed by atoms with Gasteiger partial charge in [-0.15, -0.1) is 0 Å². The highest BCUT2D eigenvalue weighted by atomic mass is 35.5. The van der Waals surface area contributed by atoms with Gasteiger partial charge in [0.2, 0.25) is 11.8 Å². The molecule has 0 saturated carbocycles. The maximum Gasteiger partial charge on any atom is 0.263 e. The Bertz CT molecular complexity index is 1790. The van der Waals surface area contributed by atoms with Crippen LogP contribution in [0, 0.1) is 11.7 Å². The van der Waals surface area contributed by atoms with E-state index in [-0.39, 0.29) is 45.5 Å². The highest BCUT2D eigenvalue weighted by molar-refractivity contribution is 7.92. The molecule has 1 atom stereocenters. The number of hydrogen-bond donors (Lipinski definition) is 2. The van der Waals surface area contributed by atoms with Gasteiger partial charge in [-0.1, -0.05) is 38.4 Å². The number of nitrogens with one attached hydrogen (secondary N) is 2. The van der Waals surface area contributed by atoms with Crippen LogP contribution in [0.25, 0.3) is 22.0 Å². The molecule has 42 heavy (non-hydrogen) atoms. The van der Waals surface area contributed by atoms with Gasteiger partial charge in [-0.25, -0.2) is 22.8 Å². The van der Waals surface area contributed by atoms with Crippen LogP contribution >= 0.6 is 11.6 Å². The standard InChI is InChI=1S/C29H31ClFN5O5S/c1-5-21(6-2)34-27(37)17(3)15-36-16-33-24-9-7-18(11-22(24)29(36)38)19-12-25(28(41-4)32-14-19)35-42(39,40)26-10-8-20(31)13-23(26)30/h7-14,16-17,21,35H,5-6,15H2,1-4H3,(H,34,37)/t17-/m1/s1. The van der Waals surface area contributed by atoms with E-state index >= 15 is 0 Å². The average Bonchev–Trinajstić information content (AvgIpc) is 2.96. The van der Waals surface area contributed by atoms with Gasteiger partial charge < -0.3 is 10.1 Å². The summed E-state index contributed by atoms with van der Waals surface area (Å²) in [5.41, 5.74) is 1.19. The van der Waals surface area contributed by atoms with E-state index in [9.17, 15) is 22.4 Å². The van der Waals surface area contributed by atoms with E-state index in [1.807, 2.05) is 13.8 Å². The molecule has 13 heteroatoms. The fourth-order valence-electron chi connectivity index (χ4n) is 4.42. The van der Waals surface area contributed by atoms with Crippen molar-refractivity contribution in [3.8, 4) is 17.0 Å². The number of pyridine rings is 1. The first kappa shape index (κ1) is 30.9. The Morgan fingerprint density at radius 1 is 1.10 bits per heavy atom. The van der Waals surface area contributed by atoms with Gasteiger partial charge in [0.15, 0.2) is 0 Å². The molecule has 0 aliphatic heterocycles. The Hall–Kier alpha value is -4.03. The van der Waals surface area contributed by atoms with Crippen molar-refractivity contribution in [3.63, 3.8) is 0 Å². The summed E-state index contributed by atoms with van der Waals surface area (Å²) in [5.74, 6) is -1.28. The normalized spacial score (nSPS) is 12.4. The minimum Gasteiger partial charge on any atom is -0.480 e. The molecule has 0 aliphatic rings. The Balaban J connectivity index is 1.66. The number of ether oxygens (including phenoxy) is 1. The lowest BCUT2D eigenvalue weighted by Gasteiger charge is -2.19. The maximum absolute atomic E-state index is 13.5. The van der Waals surface area contributed by atoms with Crippen molar-refractivity contribution in [3.05, 3.63) is 76.2 Å². The average molecular weight is 616 g/mol. The lowest BCUT2D eigenvalue weighted by Crippen LogP contribution is -2.39. The van der Waals surface area contributed by atoms with Crippen LogP contribution in [0.2, 0.25) is 5.02 Å². The van der Waals surface area contributed by atoms with E-state index < -0.39 is 21.8 Å². The van der Waals surface area contributed by atoms with Crippen LogP contribution in [0.15, 0.2) is 64.7 Å². The van der Waals surface area contributed by atoms with Gasteiger partial charge in [0.05, 0.1) is 35.3 Å². The number of methoxy groups -OCH3 is 1. The van der Waals surface area contributed by atoms with E-state index in [0.29, 0.717) is 22.0 Å². The fourth-order valence-corrected chi connectivity index (χ4v) is 6.00. The van der Waals surface area contributed by atoms with Crippen LogP contribution in [0.4, 0.5) is 10.1 Å². The number of amides is 1. The molecule has 0 saturated heterocycles. The Morgan fingerprint density at radius 3 is 2.50 bits per heavy atom. The van der Waals surface area contributed by atoms with Gasteiger partial charge in [-0.2, -0.15) is 0 Å². The summed E-state index contributed by atoms with van der Waals surface area (Å²) >= 11 is 5.98. The number of sulfonamides is 1. The molecule has 0 spiro atoms. The van der Waals surface area contributed by atoms with E-state index in [1.54, 1.807) is 25.1 Å². The highest BCUT2D eigenvalue weighted by Crippen LogP contribution is 2.32. The number of nitrogens with zero attached hydrogens (tertiary/aromatic N) is 3. The van der Waals surface area contributed by atoms with Crippen molar-refractivity contribution >= 4 is 44.1 Å². The van der Waals surface area contributed by atoms with Crippen LogP contribution < -0.4 is 20.3 Å². The molecular weight excluding hydrogens is 585 g/mol. The summed E-state index contributed by atoms with van der Waals surface area (Å²) in [4.78, 5) is 34.3. The molecule has 0 fully saturated rings. The number of halogens is 2. The second kappa shape index (κ2) is 12.9. The number of aromatic nitrogens is 3. The number of fused-ring (bicyclic) bond motifs is 1. The van der Waals surface area contributed by atoms with Gasteiger partial charge in [-0.05, 0) is 54.8 Å². The lowest BCUT2D eigenvalue weighted by atomic mass is 10.0. The molecule has 0 aliphatic carbocycles. The summed E-state index contributed by atoms with van der Waals surface area (Å²) in [6, 6.07) is 9.56. The van der Waals surface area contributed by atoms with Crippen LogP contribution in [0.3, 0.4) is 0 Å². The van der Waals surface area contributed by atoms with E-state index in [0.717, 1.165) is 31.0 Å². The number of anilines is 1. The van der Waals surface area contributed by atoms with Crippen molar-refractivity contribution in [2.45, 2.75) is 51.1 Å². The molecule has 4 aromatic rings. The number of benzene rings is 2. The summed E-state index contributed by atoms with van der Waals surface area (Å²) in [5, 5.41) is 3.04. The molecule has 222 valence electrons. The Morgan fingerprint density at radius 2 is 1.83 bits per heavy atom. The number of rotatable bonds is 11. The van der Waals surface area contributed by atoms with Crippen LogP contribution in [0.5, 0.6) is 5.88 Å². The van der Waals surface area contributed by atoms with Crippen LogP contribution in [-0.4, -0.2) is 42.0 Å². The monoisotopic (exact) mass is 615 g/mol. The number of carbonyl (C=O) groups excluding carboxylic acids is 1. The zero-order valence-electron chi connectivity index (χ0n) is 23.5. The molecule has 1 amide bonds. The molecule has 2 heterocycles. The molecule has 0 bridgehead atoms. The summed E-state index contributed by atoms with van der Waals surface area (Å²) in [6.45, 7) is 5.92. The third-order valence-electron chi connectivity index (χ3n) is 6.88. The first-order valence-electron chi connectivity index (χ1n) is 13.3. The molecule has 0 unspecified atom stereocenters. The molecule has 10 nitrogen and oxygen atoms in total. The van der Waals surface area contributed by atoms with Crippen LogP contribution in [0.1, 0.15) is 33.6 Å². The topological polar surface area (TPSA) is 132 Å². The van der Waals surface area contributed by atoms with Crippen molar-refractivity contribution in [2.24, 2.45) is 5.92 Å². The summed E-state index contributed by atoms with van der Waals surface area (Å²) < 4.78 is 48.6. The Labute approximate surface area is 248 Å². The molecule has 2 N–H and O–H groups in total. The summed E-state index contributed by atoms with van der Waals surface area (Å²) in [7, 11) is -2.90. The first-order chi connectivity index (χ1) is 20.0. The van der Waals surface area contributed by atoms with Gasteiger partial charge in [0.1, 0.15) is 16.4 Å². The van der Waals surface area contributed by atoms with Crippen molar-refractivity contribution in [1.29, 1.82) is 0 Å². The third-order valence-corrected chi connectivity index (χ3v) is 8.73. The smallest absolute Gasteiger partial charge is 0.263 e. The van der Waals surface area contributed by atoms with Gasteiger partial charge in [0.25, 0.3) is 15.6 Å². The second-order valence-corrected chi connectivity index (χ2v) is 11.9. The molecule has 2 aromatic carbocycles. The van der Waals surface area contributed by atoms with Gasteiger partial charge in [-0.3, -0.25) is 18.9 Å². The largest absolute Gasteiger partial charge is 0.480 e. The summed E-state index contributed by atoms with van der Waals surface area (Å²) in [6.07, 6.45) is 4.53. The minimum absolute atomic E-state index is 0.00831. The zero-order chi connectivity index (χ0) is 30.6. The van der Waals surface area contributed by atoms with Crippen molar-refractivity contribution in [1.82, 2.24) is 19.9 Å². The molecular formula is C29H31ClFN5O5S. The van der Waals surface area contributed by atoms with Crippen molar-refractivity contribution in [2.75, 3.05) is 11.8 Å². The fraction of sp³-hybridized carbons (Fsp3) is 0.310. The maximum atomic E-state index is 13.5. The van der Waals surface area contributed by atoms with E-state index in [2.05, 4.69) is 20.0 Å². The predicted octanol–water partition coefficient (Wildman–Crippen LogP) is 5.00. The number of carbonyl (C=O) groups is 1. The van der Waals surface area contributed by atoms with Gasteiger partial charge in [0, 0.05) is 24.3 Å². The van der Waals surface area contributed by atoms with E-state index in [4.69, 9.17) is 16.3 Å². The Kier molecular flexibility index (Phi) is 9.47. The zero-order valence-corrected chi connectivity index (χ0v) is 25.1. The van der Waals surface area contributed by atoms with E-state index in [1.165, 1.54) is 30.3 Å². The van der Waals surface area contributed by atoms with Crippen LogP contribution in [-0.2, 0) is 21.4 Å². The predicted molar refractivity (Wildman–Crippen MR) is 160 cm³/mol. The third kappa shape index (κ3) is 6.71. The molecule has 4 rings (SSSR count). The lowest BCUT2D eigenvalue weighted by molar-refractivity contribution is -0.125. The van der Waals surface area contributed by atoms with Crippen molar-refractivity contribution < 1.29 is 22.3 Å². The minimum atomic E-state index is -4.23. The first-order valence-corrected chi connectivity index (χ1v) is 15.1. The molecule has 2 aromatic heterocycles. The SMILES string of the molecule is CCC(CC)NC(=O)[C@H](C)Cn1cnc2ccc(-c3cnc(OC)c(NS(=O)(=O)c4ccc(F)cc4Cl)c3)cc2c1=O.